The van der Waals surface area contributed by atoms with E-state index in [1.54, 1.807) is 11.0 Å². The van der Waals surface area contributed by atoms with Gasteiger partial charge in [0.2, 0.25) is 5.91 Å². The van der Waals surface area contributed by atoms with E-state index in [0.29, 0.717) is 18.7 Å². The molecule has 0 atom stereocenters. The number of fused-ring (bicyclic) bond motifs is 1. The van der Waals surface area contributed by atoms with Gasteiger partial charge in [-0.3, -0.25) is 4.79 Å². The van der Waals surface area contributed by atoms with Crippen LogP contribution in [0.25, 0.3) is 0 Å². The number of aryl methyl sites for hydroxylation is 2. The predicted octanol–water partition coefficient (Wildman–Crippen LogP) is 2.25. The van der Waals surface area contributed by atoms with Gasteiger partial charge in [0, 0.05) is 0 Å². The summed E-state index contributed by atoms with van der Waals surface area (Å²) in [4.78, 5) is 21.4. The van der Waals surface area contributed by atoms with Crippen molar-refractivity contribution in [2.75, 3.05) is 0 Å². The fourth-order valence-electron chi connectivity index (χ4n) is 2.52. The van der Waals surface area contributed by atoms with E-state index in [0.717, 1.165) is 22.8 Å². The summed E-state index contributed by atoms with van der Waals surface area (Å²) in [7, 11) is 0. The number of carbonyl (C=O) groups excluding carboxylic acids is 1. The number of aromatic amines is 1. The Morgan fingerprint density at radius 3 is 2.90 bits per heavy atom. The number of rotatable bonds is 2. The molecule has 1 aliphatic heterocycles. The molecule has 1 aliphatic rings. The topological polar surface area (TPSA) is 49.0 Å². The highest BCUT2D eigenvalue weighted by molar-refractivity contribution is 5.79. The van der Waals surface area contributed by atoms with Crippen LogP contribution < -0.4 is 0 Å². The molecule has 2 aromatic rings. The molecule has 1 aromatic carbocycles. The Kier molecular flexibility index (Phi) is 3.04. The van der Waals surface area contributed by atoms with Crippen molar-refractivity contribution in [3.8, 4) is 0 Å². The number of benzene rings is 1. The lowest BCUT2D eigenvalue weighted by Gasteiger charge is -2.15. The smallest absolute Gasteiger partial charge is 0.227 e. The SMILES string of the molecule is Cc1ccc(CC(=O)N2Cc3nc(C)[nH]c3C2)c(F)c1. The Bertz CT molecular complexity index is 654. The molecule has 0 radical (unpaired) electrons. The molecule has 20 heavy (non-hydrogen) atoms. The molecule has 1 N–H and O–H groups in total. The minimum absolute atomic E-state index is 0.0724. The second kappa shape index (κ2) is 4.74. The van der Waals surface area contributed by atoms with Gasteiger partial charge in [-0.05, 0) is 31.0 Å². The van der Waals surface area contributed by atoms with Crippen molar-refractivity contribution in [1.29, 1.82) is 0 Å². The van der Waals surface area contributed by atoms with Gasteiger partial charge in [0.15, 0.2) is 0 Å². The zero-order valence-electron chi connectivity index (χ0n) is 11.5. The molecular formula is C15H16FN3O. The van der Waals surface area contributed by atoms with E-state index in [4.69, 9.17) is 0 Å². The Labute approximate surface area is 116 Å². The van der Waals surface area contributed by atoms with Gasteiger partial charge in [-0.2, -0.15) is 0 Å². The van der Waals surface area contributed by atoms with E-state index in [9.17, 15) is 9.18 Å². The summed E-state index contributed by atoms with van der Waals surface area (Å²) in [5.74, 6) is 0.480. The minimum Gasteiger partial charge on any atom is -0.344 e. The largest absolute Gasteiger partial charge is 0.344 e. The van der Waals surface area contributed by atoms with E-state index in [-0.39, 0.29) is 18.1 Å². The fourth-order valence-corrected chi connectivity index (χ4v) is 2.52. The number of nitrogens with zero attached hydrogens (tertiary/aromatic N) is 2. The second-order valence-electron chi connectivity index (χ2n) is 5.27. The number of H-pyrrole nitrogens is 1. The second-order valence-corrected chi connectivity index (χ2v) is 5.27. The normalized spacial score (nSPS) is 13.7. The maximum atomic E-state index is 13.8. The average molecular weight is 273 g/mol. The predicted molar refractivity (Wildman–Crippen MR) is 72.4 cm³/mol. The van der Waals surface area contributed by atoms with E-state index in [2.05, 4.69) is 9.97 Å². The molecule has 1 aromatic heterocycles. The molecule has 0 bridgehead atoms. The molecule has 5 heteroatoms. The van der Waals surface area contributed by atoms with E-state index in [1.165, 1.54) is 6.07 Å². The summed E-state index contributed by atoms with van der Waals surface area (Å²) >= 11 is 0. The van der Waals surface area contributed by atoms with Gasteiger partial charge in [0.1, 0.15) is 11.6 Å². The van der Waals surface area contributed by atoms with Crippen LogP contribution in [0.15, 0.2) is 18.2 Å². The van der Waals surface area contributed by atoms with Crippen LogP contribution in [0, 0.1) is 19.7 Å². The zero-order chi connectivity index (χ0) is 14.3. The lowest BCUT2D eigenvalue weighted by atomic mass is 10.1. The van der Waals surface area contributed by atoms with Crippen LogP contribution in [0.3, 0.4) is 0 Å². The highest BCUT2D eigenvalue weighted by Crippen LogP contribution is 2.21. The summed E-state index contributed by atoms with van der Waals surface area (Å²) < 4.78 is 13.8. The van der Waals surface area contributed by atoms with Gasteiger partial charge < -0.3 is 9.88 Å². The molecule has 1 amide bonds. The van der Waals surface area contributed by atoms with E-state index >= 15 is 0 Å². The van der Waals surface area contributed by atoms with E-state index < -0.39 is 0 Å². The Balaban J connectivity index is 1.70. The van der Waals surface area contributed by atoms with Crippen molar-refractivity contribution in [3.63, 3.8) is 0 Å². The van der Waals surface area contributed by atoms with Crippen molar-refractivity contribution in [2.45, 2.75) is 33.4 Å². The molecule has 104 valence electrons. The molecule has 4 nitrogen and oxygen atoms in total. The fraction of sp³-hybridized carbons (Fsp3) is 0.333. The number of nitrogens with one attached hydrogen (secondary N) is 1. The highest BCUT2D eigenvalue weighted by atomic mass is 19.1. The van der Waals surface area contributed by atoms with Crippen molar-refractivity contribution < 1.29 is 9.18 Å². The van der Waals surface area contributed by atoms with Gasteiger partial charge in [-0.1, -0.05) is 12.1 Å². The molecule has 0 saturated heterocycles. The van der Waals surface area contributed by atoms with Crippen molar-refractivity contribution >= 4 is 5.91 Å². The van der Waals surface area contributed by atoms with Crippen LogP contribution in [0.4, 0.5) is 4.39 Å². The van der Waals surface area contributed by atoms with Crippen LogP contribution >= 0.6 is 0 Å². The lowest BCUT2D eigenvalue weighted by molar-refractivity contribution is -0.131. The summed E-state index contributed by atoms with van der Waals surface area (Å²) in [5, 5.41) is 0. The maximum absolute atomic E-state index is 13.8. The molecule has 2 heterocycles. The van der Waals surface area contributed by atoms with Gasteiger partial charge in [0.05, 0.1) is 30.9 Å². The van der Waals surface area contributed by atoms with Crippen LogP contribution in [0.5, 0.6) is 0 Å². The van der Waals surface area contributed by atoms with Crippen molar-refractivity contribution in [1.82, 2.24) is 14.9 Å². The standard InChI is InChI=1S/C15H16FN3O/c1-9-3-4-11(12(16)5-9)6-15(20)19-7-13-14(8-19)18-10(2)17-13/h3-5H,6-8H2,1-2H3,(H,17,18). The van der Waals surface area contributed by atoms with Gasteiger partial charge in [0.25, 0.3) is 0 Å². The van der Waals surface area contributed by atoms with Crippen LogP contribution in [-0.2, 0) is 24.3 Å². The first-order chi connectivity index (χ1) is 9.52. The Morgan fingerprint density at radius 1 is 1.40 bits per heavy atom. The molecule has 0 fully saturated rings. The first-order valence-electron chi connectivity index (χ1n) is 6.60. The molecule has 0 unspecified atom stereocenters. The van der Waals surface area contributed by atoms with E-state index in [1.807, 2.05) is 19.9 Å². The Morgan fingerprint density at radius 2 is 2.20 bits per heavy atom. The molecule has 0 aliphatic carbocycles. The van der Waals surface area contributed by atoms with Crippen LogP contribution in [-0.4, -0.2) is 20.8 Å². The van der Waals surface area contributed by atoms with Crippen molar-refractivity contribution in [2.24, 2.45) is 0 Å². The van der Waals surface area contributed by atoms with Crippen LogP contribution in [0.2, 0.25) is 0 Å². The summed E-state index contributed by atoms with van der Waals surface area (Å²) in [6, 6.07) is 4.96. The lowest BCUT2D eigenvalue weighted by Crippen LogP contribution is -2.27. The summed E-state index contributed by atoms with van der Waals surface area (Å²) in [6.07, 6.45) is 0.0926. The minimum atomic E-state index is -0.315. The van der Waals surface area contributed by atoms with Gasteiger partial charge >= 0.3 is 0 Å². The van der Waals surface area contributed by atoms with Crippen LogP contribution in [0.1, 0.15) is 28.3 Å². The van der Waals surface area contributed by atoms with Gasteiger partial charge in [-0.25, -0.2) is 9.37 Å². The third kappa shape index (κ3) is 2.31. The average Bonchev–Trinajstić information content (AvgIpc) is 2.89. The third-order valence-electron chi connectivity index (χ3n) is 3.58. The zero-order valence-corrected chi connectivity index (χ0v) is 11.5. The third-order valence-corrected chi connectivity index (χ3v) is 3.58. The summed E-state index contributed by atoms with van der Waals surface area (Å²) in [5.41, 5.74) is 3.20. The molecule has 0 saturated carbocycles. The first-order valence-corrected chi connectivity index (χ1v) is 6.60. The number of hydrogen-bond donors (Lipinski definition) is 1. The quantitative estimate of drug-likeness (QED) is 0.912. The Hall–Kier alpha value is -2.17. The highest BCUT2D eigenvalue weighted by Gasteiger charge is 2.26. The number of hydrogen-bond acceptors (Lipinski definition) is 2. The summed E-state index contributed by atoms with van der Waals surface area (Å²) in [6.45, 7) is 4.76. The molecule has 3 rings (SSSR count). The monoisotopic (exact) mass is 273 g/mol. The van der Waals surface area contributed by atoms with Crippen molar-refractivity contribution in [3.05, 3.63) is 52.4 Å². The number of imidazole rings is 1. The number of carbonyl (C=O) groups is 1. The number of aromatic nitrogens is 2. The maximum Gasteiger partial charge on any atom is 0.227 e. The van der Waals surface area contributed by atoms with Gasteiger partial charge in [-0.15, -0.1) is 0 Å². The number of amides is 1. The molecular weight excluding hydrogens is 257 g/mol. The first kappa shape index (κ1) is 12.8. The molecule has 0 spiro atoms. The number of halogens is 1.